The molecule has 2 aromatic carbocycles. The van der Waals surface area contributed by atoms with Gasteiger partial charge in [-0.1, -0.05) is 32.0 Å². The van der Waals surface area contributed by atoms with Crippen LogP contribution in [-0.2, 0) is 4.79 Å². The highest BCUT2D eigenvalue weighted by Crippen LogP contribution is 2.38. The number of rotatable bonds is 6. The predicted molar refractivity (Wildman–Crippen MR) is 106 cm³/mol. The third-order valence-corrected chi connectivity index (χ3v) is 5.19. The zero-order valence-corrected chi connectivity index (χ0v) is 16.1. The van der Waals surface area contributed by atoms with Gasteiger partial charge < -0.3 is 9.84 Å². The molecule has 5 heteroatoms. The molecule has 0 saturated heterocycles. The van der Waals surface area contributed by atoms with Crippen LogP contribution in [0.5, 0.6) is 11.5 Å². The Bertz CT molecular complexity index is 826. The van der Waals surface area contributed by atoms with Crippen LogP contribution in [0, 0.1) is 5.92 Å². The van der Waals surface area contributed by atoms with Crippen molar-refractivity contribution in [1.29, 1.82) is 0 Å². The average molecular weight is 366 g/mol. The summed E-state index contributed by atoms with van der Waals surface area (Å²) in [7, 11) is 1.63. The third kappa shape index (κ3) is 3.82. The normalized spacial score (nSPS) is 16.5. The van der Waals surface area contributed by atoms with Gasteiger partial charge in [0, 0.05) is 17.9 Å². The Balaban J connectivity index is 1.98. The van der Waals surface area contributed by atoms with Gasteiger partial charge in [-0.2, -0.15) is 5.10 Å². The van der Waals surface area contributed by atoms with Crippen LogP contribution in [0.1, 0.15) is 50.3 Å². The molecule has 1 atom stereocenters. The van der Waals surface area contributed by atoms with Crippen molar-refractivity contribution in [3.05, 3.63) is 59.7 Å². The summed E-state index contributed by atoms with van der Waals surface area (Å²) in [4.78, 5) is 13.1. The number of benzene rings is 2. The monoisotopic (exact) mass is 366 g/mol. The van der Waals surface area contributed by atoms with Gasteiger partial charge in [0.2, 0.25) is 5.91 Å². The molecule has 1 heterocycles. The van der Waals surface area contributed by atoms with Crippen LogP contribution in [0.3, 0.4) is 0 Å². The van der Waals surface area contributed by atoms with Crippen molar-refractivity contribution in [3.8, 4) is 11.5 Å². The Morgan fingerprint density at radius 3 is 2.44 bits per heavy atom. The van der Waals surface area contributed by atoms with Crippen molar-refractivity contribution in [2.24, 2.45) is 11.0 Å². The van der Waals surface area contributed by atoms with Crippen molar-refractivity contribution in [2.45, 2.75) is 39.2 Å². The number of phenolic OH excluding ortho intramolecular Hbond substituents is 1. The van der Waals surface area contributed by atoms with E-state index in [-0.39, 0.29) is 23.6 Å². The van der Waals surface area contributed by atoms with Crippen LogP contribution in [-0.4, -0.2) is 28.8 Å². The van der Waals surface area contributed by atoms with Crippen LogP contribution >= 0.6 is 0 Å². The maximum Gasteiger partial charge on any atom is 0.246 e. The van der Waals surface area contributed by atoms with Crippen LogP contribution in [0.4, 0.5) is 0 Å². The Kier molecular flexibility index (Phi) is 5.79. The van der Waals surface area contributed by atoms with Gasteiger partial charge in [0.05, 0.1) is 18.9 Å². The first-order valence-corrected chi connectivity index (χ1v) is 9.41. The van der Waals surface area contributed by atoms with Crippen molar-refractivity contribution >= 4 is 11.6 Å². The molecule has 1 N–H and O–H groups in total. The number of carbonyl (C=O) groups excluding carboxylic acids is 1. The number of hydrogen-bond acceptors (Lipinski definition) is 4. The first-order chi connectivity index (χ1) is 13.1. The molecule has 0 spiro atoms. The summed E-state index contributed by atoms with van der Waals surface area (Å²) in [5.41, 5.74) is 2.52. The first kappa shape index (κ1) is 19.0. The van der Waals surface area contributed by atoms with E-state index in [1.54, 1.807) is 24.3 Å². The van der Waals surface area contributed by atoms with Gasteiger partial charge in [-0.05, 0) is 48.7 Å². The van der Waals surface area contributed by atoms with Gasteiger partial charge >= 0.3 is 0 Å². The van der Waals surface area contributed by atoms with Gasteiger partial charge in [0.1, 0.15) is 11.5 Å². The molecule has 0 aliphatic carbocycles. The van der Waals surface area contributed by atoms with E-state index >= 15 is 0 Å². The van der Waals surface area contributed by atoms with E-state index in [2.05, 4.69) is 5.10 Å². The molecule has 0 bridgehead atoms. The number of nitrogens with zero attached hydrogens (tertiary/aromatic N) is 2. The lowest BCUT2D eigenvalue weighted by Crippen LogP contribution is -2.32. The van der Waals surface area contributed by atoms with Gasteiger partial charge in [0.25, 0.3) is 0 Å². The molecule has 0 unspecified atom stereocenters. The average Bonchev–Trinajstić information content (AvgIpc) is 3.14. The smallest absolute Gasteiger partial charge is 0.246 e. The van der Waals surface area contributed by atoms with E-state index in [1.807, 2.05) is 50.2 Å². The lowest BCUT2D eigenvalue weighted by Gasteiger charge is -2.26. The SMILES string of the molecule is CCC(CC)C(=O)N1N=C(c2ccc(OC)cc2)C[C@@H]1c1ccccc1O. The molecular formula is C22H26N2O3. The maximum absolute atomic E-state index is 13.1. The van der Waals surface area contributed by atoms with Crippen LogP contribution in [0.15, 0.2) is 53.6 Å². The molecule has 0 saturated carbocycles. The molecule has 0 radical (unpaired) electrons. The number of ether oxygens (including phenoxy) is 1. The Morgan fingerprint density at radius 1 is 1.19 bits per heavy atom. The Labute approximate surface area is 160 Å². The number of hydrogen-bond donors (Lipinski definition) is 1. The molecular weight excluding hydrogens is 340 g/mol. The fourth-order valence-electron chi connectivity index (χ4n) is 3.51. The summed E-state index contributed by atoms with van der Waals surface area (Å²) in [5, 5.41) is 16.6. The predicted octanol–water partition coefficient (Wildman–Crippen LogP) is 4.51. The van der Waals surface area contributed by atoms with Crippen LogP contribution in [0.2, 0.25) is 0 Å². The molecule has 0 aromatic heterocycles. The van der Waals surface area contributed by atoms with Crippen LogP contribution < -0.4 is 4.74 Å². The summed E-state index contributed by atoms with van der Waals surface area (Å²) < 4.78 is 5.22. The number of carbonyl (C=O) groups is 1. The summed E-state index contributed by atoms with van der Waals surface area (Å²) in [6, 6.07) is 14.6. The number of aromatic hydroxyl groups is 1. The zero-order chi connectivity index (χ0) is 19.4. The third-order valence-electron chi connectivity index (χ3n) is 5.19. The van der Waals surface area contributed by atoms with E-state index in [1.165, 1.54) is 0 Å². The summed E-state index contributed by atoms with van der Waals surface area (Å²) in [6.07, 6.45) is 2.11. The number of hydrazone groups is 1. The van der Waals surface area contributed by atoms with E-state index in [0.29, 0.717) is 6.42 Å². The first-order valence-electron chi connectivity index (χ1n) is 9.41. The summed E-state index contributed by atoms with van der Waals surface area (Å²) in [6.45, 7) is 4.04. The molecule has 0 fully saturated rings. The molecule has 142 valence electrons. The minimum Gasteiger partial charge on any atom is -0.508 e. The second-order valence-electron chi connectivity index (χ2n) is 6.75. The minimum absolute atomic E-state index is 0.0109. The van der Waals surface area contributed by atoms with Crippen molar-refractivity contribution in [1.82, 2.24) is 5.01 Å². The molecule has 5 nitrogen and oxygen atoms in total. The topological polar surface area (TPSA) is 62.1 Å². The summed E-state index contributed by atoms with van der Waals surface area (Å²) >= 11 is 0. The van der Waals surface area contributed by atoms with E-state index in [0.717, 1.165) is 35.4 Å². The standard InChI is InChI=1S/C22H26N2O3/c1-4-15(5-2)22(26)24-20(18-8-6-7-9-21(18)25)14-19(23-24)16-10-12-17(27-3)13-11-16/h6-13,15,20,25H,4-5,14H2,1-3H3/t20-/m1/s1. The second-order valence-corrected chi connectivity index (χ2v) is 6.75. The second kappa shape index (κ2) is 8.25. The maximum atomic E-state index is 13.1. The van der Waals surface area contributed by atoms with E-state index in [9.17, 15) is 9.90 Å². The summed E-state index contributed by atoms with van der Waals surface area (Å²) in [5.74, 6) is 0.907. The quantitative estimate of drug-likeness (QED) is 0.818. The minimum atomic E-state index is -0.295. The van der Waals surface area contributed by atoms with Gasteiger partial charge in [-0.15, -0.1) is 0 Å². The number of amides is 1. The number of methoxy groups -OCH3 is 1. The van der Waals surface area contributed by atoms with Crippen molar-refractivity contribution < 1.29 is 14.6 Å². The zero-order valence-electron chi connectivity index (χ0n) is 16.1. The molecule has 3 rings (SSSR count). The highest BCUT2D eigenvalue weighted by molar-refractivity contribution is 6.03. The lowest BCUT2D eigenvalue weighted by molar-refractivity contribution is -0.137. The van der Waals surface area contributed by atoms with Gasteiger partial charge in [0.15, 0.2) is 0 Å². The van der Waals surface area contributed by atoms with Crippen molar-refractivity contribution in [3.63, 3.8) is 0 Å². The fraction of sp³-hybridized carbons (Fsp3) is 0.364. The number of phenols is 1. The highest BCUT2D eigenvalue weighted by Gasteiger charge is 2.36. The van der Waals surface area contributed by atoms with E-state index < -0.39 is 0 Å². The Hall–Kier alpha value is -2.82. The fourth-order valence-corrected chi connectivity index (χ4v) is 3.51. The van der Waals surface area contributed by atoms with Crippen LogP contribution in [0.25, 0.3) is 0 Å². The highest BCUT2D eigenvalue weighted by atomic mass is 16.5. The van der Waals surface area contributed by atoms with E-state index in [4.69, 9.17) is 4.74 Å². The van der Waals surface area contributed by atoms with Gasteiger partial charge in [-0.3, -0.25) is 4.79 Å². The largest absolute Gasteiger partial charge is 0.508 e. The molecule has 2 aromatic rings. The lowest BCUT2D eigenvalue weighted by atomic mass is 9.96. The molecule has 1 amide bonds. The molecule has 27 heavy (non-hydrogen) atoms. The molecule has 1 aliphatic rings. The molecule has 1 aliphatic heterocycles. The van der Waals surface area contributed by atoms with Crippen molar-refractivity contribution in [2.75, 3.05) is 7.11 Å². The van der Waals surface area contributed by atoms with Gasteiger partial charge in [-0.25, -0.2) is 5.01 Å². The number of para-hydroxylation sites is 1. The Morgan fingerprint density at radius 2 is 1.85 bits per heavy atom.